The predicted molar refractivity (Wildman–Crippen MR) is 97.6 cm³/mol. The van der Waals surface area contributed by atoms with Crippen molar-refractivity contribution in [3.8, 4) is 0 Å². The average molecular weight is 377 g/mol. The molecule has 8 heteroatoms. The minimum Gasteiger partial charge on any atom is -0.478 e. The lowest BCUT2D eigenvalue weighted by Gasteiger charge is -2.21. The van der Waals surface area contributed by atoms with E-state index in [-0.39, 0.29) is 12.0 Å². The van der Waals surface area contributed by atoms with E-state index in [1.54, 1.807) is 0 Å². The molecule has 1 unspecified atom stereocenters. The molecule has 0 radical (unpaired) electrons. The van der Waals surface area contributed by atoms with E-state index in [1.165, 1.54) is 38.0 Å². The molecule has 2 aromatic carbocycles. The van der Waals surface area contributed by atoms with Gasteiger partial charge in [0.1, 0.15) is 6.10 Å². The molecule has 2 aromatic rings. The standard InChI is InChI=1S/C18H20NO6P/c1-24-26(2,23)25-16(12-13-6-4-3-5-7-13)17(20)19-15-10-8-14(9-11-15)18(21)22/h3-11,16H,12H2,1-2H3,(H,19,20)(H,21,22)/t16-,26?/m0/s1. The second-order valence-electron chi connectivity index (χ2n) is 5.61. The molecule has 0 fully saturated rings. The third-order valence-corrected chi connectivity index (χ3v) is 4.91. The van der Waals surface area contributed by atoms with Crippen molar-refractivity contribution in [1.29, 1.82) is 0 Å². The summed E-state index contributed by atoms with van der Waals surface area (Å²) in [4.78, 5) is 23.5. The Kier molecular flexibility index (Phi) is 6.69. The lowest BCUT2D eigenvalue weighted by Crippen LogP contribution is -2.31. The number of hydrogen-bond donors (Lipinski definition) is 2. The Morgan fingerprint density at radius 1 is 1.12 bits per heavy atom. The first-order valence-electron chi connectivity index (χ1n) is 7.80. The van der Waals surface area contributed by atoms with E-state index < -0.39 is 25.6 Å². The molecule has 0 aromatic heterocycles. The highest BCUT2D eigenvalue weighted by atomic mass is 31.2. The Balaban J connectivity index is 2.16. The zero-order chi connectivity index (χ0) is 19.2. The Morgan fingerprint density at radius 3 is 2.27 bits per heavy atom. The largest absolute Gasteiger partial charge is 0.478 e. The molecule has 138 valence electrons. The number of nitrogens with one attached hydrogen (secondary N) is 1. The Bertz CT molecular complexity index is 806. The molecule has 7 nitrogen and oxygen atoms in total. The van der Waals surface area contributed by atoms with E-state index in [9.17, 15) is 14.2 Å². The first-order valence-corrected chi connectivity index (χ1v) is 9.79. The van der Waals surface area contributed by atoms with Gasteiger partial charge < -0.3 is 14.9 Å². The van der Waals surface area contributed by atoms with Crippen molar-refractivity contribution >= 4 is 25.2 Å². The lowest BCUT2D eigenvalue weighted by atomic mass is 10.1. The third-order valence-electron chi connectivity index (χ3n) is 3.61. The van der Waals surface area contributed by atoms with Gasteiger partial charge in [-0.1, -0.05) is 30.3 Å². The van der Waals surface area contributed by atoms with Crippen LogP contribution in [0.5, 0.6) is 0 Å². The average Bonchev–Trinajstić information content (AvgIpc) is 2.62. The van der Waals surface area contributed by atoms with Gasteiger partial charge in [-0.2, -0.15) is 0 Å². The minimum absolute atomic E-state index is 0.109. The van der Waals surface area contributed by atoms with Gasteiger partial charge in [0.2, 0.25) is 0 Å². The van der Waals surface area contributed by atoms with Crippen LogP contribution < -0.4 is 5.32 Å². The second kappa shape index (κ2) is 8.76. The van der Waals surface area contributed by atoms with Gasteiger partial charge in [0.15, 0.2) is 0 Å². The van der Waals surface area contributed by atoms with Crippen LogP contribution in [0.2, 0.25) is 0 Å². The maximum atomic E-state index is 12.6. The number of carbonyl (C=O) groups excluding carboxylic acids is 1. The van der Waals surface area contributed by atoms with Crippen molar-refractivity contribution in [3.63, 3.8) is 0 Å². The van der Waals surface area contributed by atoms with E-state index >= 15 is 0 Å². The molecule has 0 saturated carbocycles. The van der Waals surface area contributed by atoms with Gasteiger partial charge in [-0.05, 0) is 29.8 Å². The summed E-state index contributed by atoms with van der Waals surface area (Å²) in [7, 11) is -2.13. The number of rotatable bonds is 8. The summed E-state index contributed by atoms with van der Waals surface area (Å²) in [6.45, 7) is 1.29. The number of aromatic carboxylic acids is 1. The van der Waals surface area contributed by atoms with Crippen LogP contribution in [0.4, 0.5) is 5.69 Å². The summed E-state index contributed by atoms with van der Waals surface area (Å²) in [5, 5.41) is 11.6. The summed E-state index contributed by atoms with van der Waals surface area (Å²) in [5.74, 6) is -1.56. The minimum atomic E-state index is -3.38. The van der Waals surface area contributed by atoms with Crippen LogP contribution in [-0.4, -0.2) is 36.9 Å². The van der Waals surface area contributed by atoms with E-state index in [2.05, 4.69) is 5.32 Å². The quantitative estimate of drug-likeness (QED) is 0.684. The molecule has 0 aliphatic carbocycles. The molecule has 1 amide bonds. The summed E-state index contributed by atoms with van der Waals surface area (Å²) in [5.41, 5.74) is 1.35. The molecule has 0 bridgehead atoms. The highest BCUT2D eigenvalue weighted by Gasteiger charge is 2.28. The van der Waals surface area contributed by atoms with E-state index in [4.69, 9.17) is 14.2 Å². The van der Waals surface area contributed by atoms with Crippen molar-refractivity contribution in [1.82, 2.24) is 0 Å². The zero-order valence-corrected chi connectivity index (χ0v) is 15.3. The van der Waals surface area contributed by atoms with Gasteiger partial charge in [0, 0.05) is 25.9 Å². The topological polar surface area (TPSA) is 102 Å². The highest BCUT2D eigenvalue weighted by molar-refractivity contribution is 7.53. The number of carbonyl (C=O) groups is 2. The number of benzene rings is 2. The molecule has 0 heterocycles. The van der Waals surface area contributed by atoms with Gasteiger partial charge >= 0.3 is 13.6 Å². The molecule has 0 spiro atoms. The van der Waals surface area contributed by atoms with Crippen LogP contribution in [0.1, 0.15) is 15.9 Å². The summed E-state index contributed by atoms with van der Waals surface area (Å²) in [6.07, 6.45) is -0.825. The van der Waals surface area contributed by atoms with E-state index in [0.29, 0.717) is 5.69 Å². The van der Waals surface area contributed by atoms with Crippen LogP contribution in [0.3, 0.4) is 0 Å². The Hall–Kier alpha value is -2.47. The maximum Gasteiger partial charge on any atom is 0.335 e. The molecular weight excluding hydrogens is 357 g/mol. The molecule has 0 aliphatic heterocycles. The van der Waals surface area contributed by atoms with Crippen LogP contribution in [0, 0.1) is 0 Å². The smallest absolute Gasteiger partial charge is 0.335 e. The normalized spacial score (nSPS) is 14.2. The Labute approximate surface area is 151 Å². The van der Waals surface area contributed by atoms with Crippen LogP contribution in [0.25, 0.3) is 0 Å². The van der Waals surface area contributed by atoms with E-state index in [1.807, 2.05) is 30.3 Å². The Morgan fingerprint density at radius 2 is 1.73 bits per heavy atom. The van der Waals surface area contributed by atoms with Crippen LogP contribution >= 0.6 is 7.60 Å². The number of carboxylic acids is 1. The van der Waals surface area contributed by atoms with Crippen molar-refractivity contribution < 1.29 is 28.3 Å². The summed E-state index contributed by atoms with van der Waals surface area (Å²) >= 11 is 0. The number of amides is 1. The fourth-order valence-electron chi connectivity index (χ4n) is 2.20. The second-order valence-corrected chi connectivity index (χ2v) is 7.73. The first kappa shape index (κ1) is 19.8. The molecule has 26 heavy (non-hydrogen) atoms. The van der Waals surface area contributed by atoms with Crippen molar-refractivity contribution in [3.05, 3.63) is 65.7 Å². The number of anilines is 1. The van der Waals surface area contributed by atoms with Gasteiger partial charge in [-0.25, -0.2) is 4.79 Å². The SMILES string of the molecule is COP(C)(=O)O[C@@H](Cc1ccccc1)C(=O)Nc1ccc(C(=O)O)cc1. The monoisotopic (exact) mass is 377 g/mol. The van der Waals surface area contributed by atoms with Crippen molar-refractivity contribution in [2.75, 3.05) is 19.1 Å². The lowest BCUT2D eigenvalue weighted by molar-refractivity contribution is -0.123. The summed E-state index contributed by atoms with van der Waals surface area (Å²) < 4.78 is 22.4. The van der Waals surface area contributed by atoms with Crippen molar-refractivity contribution in [2.45, 2.75) is 12.5 Å². The molecule has 2 atom stereocenters. The van der Waals surface area contributed by atoms with Gasteiger partial charge in [0.25, 0.3) is 5.91 Å². The van der Waals surface area contributed by atoms with E-state index in [0.717, 1.165) is 5.56 Å². The summed E-state index contributed by atoms with van der Waals surface area (Å²) in [6, 6.07) is 14.9. The highest BCUT2D eigenvalue weighted by Crippen LogP contribution is 2.44. The van der Waals surface area contributed by atoms with Crippen LogP contribution in [0.15, 0.2) is 54.6 Å². The van der Waals surface area contributed by atoms with Gasteiger partial charge in [-0.3, -0.25) is 13.9 Å². The molecule has 0 aliphatic rings. The van der Waals surface area contributed by atoms with Gasteiger partial charge in [-0.15, -0.1) is 0 Å². The zero-order valence-electron chi connectivity index (χ0n) is 14.4. The molecule has 0 saturated heterocycles. The maximum absolute atomic E-state index is 12.6. The predicted octanol–water partition coefficient (Wildman–Crippen LogP) is 3.42. The number of hydrogen-bond acceptors (Lipinski definition) is 5. The van der Waals surface area contributed by atoms with Gasteiger partial charge in [0.05, 0.1) is 5.56 Å². The fourth-order valence-corrected chi connectivity index (χ4v) is 2.92. The van der Waals surface area contributed by atoms with Crippen molar-refractivity contribution in [2.24, 2.45) is 0 Å². The molecule has 2 rings (SSSR count). The molecule has 2 N–H and O–H groups in total. The third kappa shape index (κ3) is 5.81. The number of carboxylic acid groups (broad SMARTS) is 1. The molecular formula is C18H20NO6P. The van der Waals surface area contributed by atoms with Crippen LogP contribution in [-0.2, 0) is 24.8 Å². The fraction of sp³-hybridized carbons (Fsp3) is 0.222. The first-order chi connectivity index (χ1) is 12.3.